The quantitative estimate of drug-likeness (QED) is 0.741. The van der Waals surface area contributed by atoms with Crippen LogP contribution >= 0.6 is 11.8 Å². The van der Waals surface area contributed by atoms with E-state index in [0.29, 0.717) is 0 Å². The van der Waals surface area contributed by atoms with Crippen molar-refractivity contribution >= 4 is 34.5 Å². The number of thioether (sulfide) groups is 1. The van der Waals surface area contributed by atoms with Crippen LogP contribution in [0.3, 0.4) is 0 Å². The summed E-state index contributed by atoms with van der Waals surface area (Å²) in [5.74, 6) is -1.31. The molecule has 0 spiro atoms. The van der Waals surface area contributed by atoms with Crippen molar-refractivity contribution in [1.29, 1.82) is 0 Å². The van der Waals surface area contributed by atoms with Crippen LogP contribution in [-0.4, -0.2) is 33.1 Å². The van der Waals surface area contributed by atoms with E-state index in [-0.39, 0.29) is 17.5 Å². The van der Waals surface area contributed by atoms with Crippen LogP contribution < -0.4 is 5.32 Å². The van der Waals surface area contributed by atoms with Crippen LogP contribution in [0.4, 0.5) is 0 Å². The van der Waals surface area contributed by atoms with Crippen molar-refractivity contribution < 1.29 is 14.7 Å². The first-order valence-corrected chi connectivity index (χ1v) is 6.86. The van der Waals surface area contributed by atoms with Gasteiger partial charge in [-0.15, -0.1) is 5.10 Å². The molecule has 1 aliphatic carbocycles. The fourth-order valence-electron chi connectivity index (χ4n) is 1.91. The van der Waals surface area contributed by atoms with E-state index in [2.05, 4.69) is 15.5 Å². The second-order valence-corrected chi connectivity index (χ2v) is 5.52. The molecule has 1 saturated heterocycles. The summed E-state index contributed by atoms with van der Waals surface area (Å²) in [6.07, 6.45) is 5.34. The molecule has 0 aromatic rings. The number of amides is 1. The zero-order valence-corrected chi connectivity index (χ0v) is 10.7. The maximum Gasteiger partial charge on any atom is 0.317 e. The third-order valence-corrected chi connectivity index (χ3v) is 3.92. The normalized spacial score (nSPS) is 26.9. The van der Waals surface area contributed by atoms with E-state index in [1.165, 1.54) is 6.42 Å². The van der Waals surface area contributed by atoms with Gasteiger partial charge in [0.05, 0.1) is 0 Å². The Morgan fingerprint density at radius 1 is 1.28 bits per heavy atom. The Hall–Kier alpha value is -1.37. The van der Waals surface area contributed by atoms with Crippen LogP contribution in [-0.2, 0) is 9.59 Å². The van der Waals surface area contributed by atoms with Gasteiger partial charge in [-0.1, -0.05) is 18.2 Å². The van der Waals surface area contributed by atoms with Gasteiger partial charge in [0, 0.05) is 12.1 Å². The Labute approximate surface area is 109 Å². The second-order valence-electron chi connectivity index (χ2n) is 4.33. The van der Waals surface area contributed by atoms with Gasteiger partial charge >= 0.3 is 5.97 Å². The Kier molecular flexibility index (Phi) is 4.35. The number of rotatable bonds is 2. The number of carboxylic acid groups (broad SMARTS) is 1. The zero-order valence-electron chi connectivity index (χ0n) is 9.89. The molecule has 2 aliphatic rings. The molecule has 0 aromatic heterocycles. The first kappa shape index (κ1) is 13.1. The molecule has 0 aromatic carbocycles. The highest BCUT2D eigenvalue weighted by Crippen LogP contribution is 2.21. The van der Waals surface area contributed by atoms with Crippen molar-refractivity contribution in [2.45, 2.75) is 43.8 Å². The SMILES string of the molecule is O=C1C[C@@H](C(=O)O)SC(=NN=C2CCCCC2)N1. The van der Waals surface area contributed by atoms with Crippen LogP contribution in [0.2, 0.25) is 0 Å². The van der Waals surface area contributed by atoms with E-state index in [1.807, 2.05) is 0 Å². The highest BCUT2D eigenvalue weighted by molar-refractivity contribution is 8.15. The molecule has 1 atom stereocenters. The Balaban J connectivity index is 2.02. The van der Waals surface area contributed by atoms with Crippen molar-refractivity contribution in [3.05, 3.63) is 0 Å². The molecular formula is C11H15N3O3S. The van der Waals surface area contributed by atoms with Gasteiger partial charge in [0.25, 0.3) is 0 Å². The lowest BCUT2D eigenvalue weighted by Crippen LogP contribution is -2.40. The third-order valence-electron chi connectivity index (χ3n) is 2.86. The summed E-state index contributed by atoms with van der Waals surface area (Å²) in [4.78, 5) is 22.2. The zero-order chi connectivity index (χ0) is 13.0. The van der Waals surface area contributed by atoms with Gasteiger partial charge in [-0.2, -0.15) is 5.10 Å². The van der Waals surface area contributed by atoms with Gasteiger partial charge < -0.3 is 10.4 Å². The summed E-state index contributed by atoms with van der Waals surface area (Å²) in [6, 6.07) is 0. The van der Waals surface area contributed by atoms with Crippen LogP contribution in [0.25, 0.3) is 0 Å². The van der Waals surface area contributed by atoms with E-state index in [1.54, 1.807) is 0 Å². The molecule has 2 rings (SSSR count). The number of hydrogen-bond donors (Lipinski definition) is 2. The highest BCUT2D eigenvalue weighted by atomic mass is 32.2. The topological polar surface area (TPSA) is 91.1 Å². The summed E-state index contributed by atoms with van der Waals surface area (Å²) in [5.41, 5.74) is 1.03. The molecule has 1 saturated carbocycles. The fourth-order valence-corrected chi connectivity index (χ4v) is 2.77. The van der Waals surface area contributed by atoms with Gasteiger partial charge in [-0.25, -0.2) is 0 Å². The van der Waals surface area contributed by atoms with E-state index in [0.717, 1.165) is 43.2 Å². The lowest BCUT2D eigenvalue weighted by molar-refractivity contribution is -0.138. The van der Waals surface area contributed by atoms with Crippen LogP contribution in [0.5, 0.6) is 0 Å². The standard InChI is InChI=1S/C11H15N3O3S/c15-9-6-8(10(16)17)18-11(12-9)14-13-7-4-2-1-3-5-7/h8H,1-6H2,(H,16,17)(H,12,14,15)/t8-/m0/s1. The van der Waals surface area contributed by atoms with Crippen molar-refractivity contribution in [2.24, 2.45) is 10.2 Å². The van der Waals surface area contributed by atoms with Crippen LogP contribution in [0.15, 0.2) is 10.2 Å². The first-order chi connectivity index (χ1) is 8.65. The van der Waals surface area contributed by atoms with E-state index in [4.69, 9.17) is 5.11 Å². The number of aliphatic carboxylic acids is 1. The number of nitrogens with one attached hydrogen (secondary N) is 1. The molecule has 2 fully saturated rings. The number of nitrogens with zero attached hydrogens (tertiary/aromatic N) is 2. The van der Waals surface area contributed by atoms with Gasteiger partial charge in [-0.05, 0) is 25.7 Å². The van der Waals surface area contributed by atoms with Gasteiger partial charge in [0.1, 0.15) is 5.25 Å². The molecule has 7 heteroatoms. The predicted molar refractivity (Wildman–Crippen MR) is 69.7 cm³/mol. The summed E-state index contributed by atoms with van der Waals surface area (Å²) in [7, 11) is 0. The molecule has 1 amide bonds. The fraction of sp³-hybridized carbons (Fsp3) is 0.636. The number of hydrogen-bond acceptors (Lipinski definition) is 5. The van der Waals surface area contributed by atoms with Gasteiger partial charge in [0.2, 0.25) is 5.91 Å². The van der Waals surface area contributed by atoms with Crippen molar-refractivity contribution in [1.82, 2.24) is 5.32 Å². The van der Waals surface area contributed by atoms with Crippen molar-refractivity contribution in [3.8, 4) is 0 Å². The molecule has 1 heterocycles. The lowest BCUT2D eigenvalue weighted by Gasteiger charge is -2.18. The maximum absolute atomic E-state index is 11.3. The lowest BCUT2D eigenvalue weighted by atomic mass is 9.99. The van der Waals surface area contributed by atoms with E-state index < -0.39 is 11.2 Å². The Bertz CT molecular complexity index is 412. The molecule has 0 radical (unpaired) electrons. The largest absolute Gasteiger partial charge is 0.480 e. The number of carboxylic acids is 1. The molecule has 18 heavy (non-hydrogen) atoms. The van der Waals surface area contributed by atoms with E-state index in [9.17, 15) is 9.59 Å². The maximum atomic E-state index is 11.3. The highest BCUT2D eigenvalue weighted by Gasteiger charge is 2.29. The summed E-state index contributed by atoms with van der Waals surface area (Å²) < 4.78 is 0. The van der Waals surface area contributed by atoms with Gasteiger partial charge in [0.15, 0.2) is 5.17 Å². The summed E-state index contributed by atoms with van der Waals surface area (Å²) >= 11 is 1.04. The van der Waals surface area contributed by atoms with Crippen LogP contribution in [0.1, 0.15) is 38.5 Å². The first-order valence-electron chi connectivity index (χ1n) is 5.98. The molecule has 2 N–H and O–H groups in total. The van der Waals surface area contributed by atoms with E-state index >= 15 is 0 Å². The molecule has 0 bridgehead atoms. The summed E-state index contributed by atoms with van der Waals surface area (Å²) in [6.45, 7) is 0. The van der Waals surface area contributed by atoms with Crippen LogP contribution in [0, 0.1) is 0 Å². The molecule has 1 aliphatic heterocycles. The third kappa shape index (κ3) is 3.56. The second kappa shape index (κ2) is 5.99. The molecule has 98 valence electrons. The van der Waals surface area contributed by atoms with Crippen molar-refractivity contribution in [2.75, 3.05) is 0 Å². The number of carbonyl (C=O) groups excluding carboxylic acids is 1. The smallest absolute Gasteiger partial charge is 0.317 e. The number of carbonyl (C=O) groups is 2. The minimum absolute atomic E-state index is 0.0183. The molecular weight excluding hydrogens is 254 g/mol. The average molecular weight is 269 g/mol. The monoisotopic (exact) mass is 269 g/mol. The Morgan fingerprint density at radius 2 is 2.00 bits per heavy atom. The Morgan fingerprint density at radius 3 is 2.67 bits per heavy atom. The van der Waals surface area contributed by atoms with Gasteiger partial charge in [-0.3, -0.25) is 9.59 Å². The minimum Gasteiger partial charge on any atom is -0.480 e. The summed E-state index contributed by atoms with van der Waals surface area (Å²) in [5, 5.41) is 19.0. The minimum atomic E-state index is -0.993. The predicted octanol–water partition coefficient (Wildman–Crippen LogP) is 1.37. The van der Waals surface area contributed by atoms with Crippen molar-refractivity contribution in [3.63, 3.8) is 0 Å². The molecule has 0 unspecified atom stereocenters. The molecule has 6 nitrogen and oxygen atoms in total. The average Bonchev–Trinajstić information content (AvgIpc) is 2.37. The number of amidine groups is 1.